The third-order valence-corrected chi connectivity index (χ3v) is 6.96. The lowest BCUT2D eigenvalue weighted by Gasteiger charge is -2.37. The number of halogens is 1. The van der Waals surface area contributed by atoms with E-state index in [0.717, 1.165) is 23.7 Å². The number of rotatable bonds is 4. The minimum atomic E-state index is -0.530. The van der Waals surface area contributed by atoms with Crippen LogP contribution in [0.2, 0.25) is 0 Å². The van der Waals surface area contributed by atoms with Gasteiger partial charge >= 0.3 is 6.09 Å². The molecule has 4 rings (SSSR count). The lowest BCUT2D eigenvalue weighted by atomic mass is 9.96. The molecule has 0 aromatic heterocycles. The topological polar surface area (TPSA) is 29.5 Å². The van der Waals surface area contributed by atoms with Crippen LogP contribution in [-0.2, 0) is 4.74 Å². The van der Waals surface area contributed by atoms with E-state index in [4.69, 9.17) is 4.74 Å². The van der Waals surface area contributed by atoms with Gasteiger partial charge in [-0.1, -0.05) is 70.5 Å². The summed E-state index contributed by atoms with van der Waals surface area (Å²) in [6.07, 6.45) is 2.79. The summed E-state index contributed by atoms with van der Waals surface area (Å²) in [7, 11) is 0. The lowest BCUT2D eigenvalue weighted by molar-refractivity contribution is 0.00694. The largest absolute Gasteiger partial charge is 0.444 e. The molecule has 1 saturated carbocycles. The van der Waals surface area contributed by atoms with E-state index >= 15 is 0 Å². The van der Waals surface area contributed by atoms with E-state index < -0.39 is 5.60 Å². The van der Waals surface area contributed by atoms with Gasteiger partial charge in [-0.25, -0.2) is 4.79 Å². The van der Waals surface area contributed by atoms with Gasteiger partial charge in [-0.3, -0.25) is 4.90 Å². The Bertz CT molecular complexity index is 1080. The maximum absolute atomic E-state index is 13.5. The number of carbonyl (C=O) groups excluding carboxylic acids is 1. The van der Waals surface area contributed by atoms with E-state index in [9.17, 15) is 4.79 Å². The van der Waals surface area contributed by atoms with Crippen molar-refractivity contribution in [3.05, 3.63) is 82.3 Å². The molecule has 168 valence electrons. The Balaban J connectivity index is 1.66. The van der Waals surface area contributed by atoms with Gasteiger partial charge in [0.25, 0.3) is 0 Å². The molecule has 0 saturated heterocycles. The highest BCUT2D eigenvalue weighted by Gasteiger charge is 2.38. The second-order valence-corrected chi connectivity index (χ2v) is 10.8. The molecule has 1 amide bonds. The third kappa shape index (κ3) is 5.01. The minimum absolute atomic E-state index is 0.0791. The first kappa shape index (κ1) is 22.8. The minimum Gasteiger partial charge on any atom is -0.444 e. The number of amides is 1. The van der Waals surface area contributed by atoms with Gasteiger partial charge in [-0.05, 0) is 86.9 Å². The average molecular weight is 494 g/mol. The normalized spacial score (nSPS) is 19.7. The molecule has 1 fully saturated rings. The predicted molar refractivity (Wildman–Crippen MR) is 135 cm³/mol. The molecule has 3 atom stereocenters. The van der Waals surface area contributed by atoms with Crippen LogP contribution in [0.1, 0.15) is 70.0 Å². The molecule has 1 unspecified atom stereocenters. The Labute approximate surface area is 199 Å². The van der Waals surface area contributed by atoms with Crippen molar-refractivity contribution in [1.82, 2.24) is 4.90 Å². The summed E-state index contributed by atoms with van der Waals surface area (Å²) < 4.78 is 7.00. The van der Waals surface area contributed by atoms with Gasteiger partial charge in [-0.15, -0.1) is 0 Å². The van der Waals surface area contributed by atoms with Crippen molar-refractivity contribution >= 4 is 32.8 Å². The molecule has 0 heterocycles. The average Bonchev–Trinajstić information content (AvgIpc) is 3.22. The van der Waals surface area contributed by atoms with E-state index in [-0.39, 0.29) is 18.2 Å². The van der Waals surface area contributed by atoms with E-state index in [1.807, 2.05) is 25.7 Å². The first-order chi connectivity index (χ1) is 15.2. The van der Waals surface area contributed by atoms with Crippen molar-refractivity contribution in [2.75, 3.05) is 0 Å². The van der Waals surface area contributed by atoms with Crippen molar-refractivity contribution < 1.29 is 9.53 Å². The van der Waals surface area contributed by atoms with Gasteiger partial charge in [0.2, 0.25) is 0 Å². The number of carbonyl (C=O) groups is 1. The summed E-state index contributed by atoms with van der Waals surface area (Å²) in [6.45, 7) is 7.94. The second-order valence-electron chi connectivity index (χ2n) is 9.85. The quantitative estimate of drug-likeness (QED) is 0.366. The van der Waals surface area contributed by atoms with Gasteiger partial charge in [0.05, 0.1) is 6.04 Å². The number of fused-ring (bicyclic) bond motifs is 1. The highest BCUT2D eigenvalue weighted by atomic mass is 79.9. The molecule has 3 aromatic rings. The fourth-order valence-corrected chi connectivity index (χ4v) is 5.22. The summed E-state index contributed by atoms with van der Waals surface area (Å²) in [4.78, 5) is 15.5. The van der Waals surface area contributed by atoms with Crippen LogP contribution in [0.3, 0.4) is 0 Å². The Morgan fingerprint density at radius 2 is 1.69 bits per heavy atom. The predicted octanol–water partition coefficient (Wildman–Crippen LogP) is 8.24. The fourth-order valence-electron chi connectivity index (χ4n) is 4.95. The smallest absolute Gasteiger partial charge is 0.411 e. The molecule has 32 heavy (non-hydrogen) atoms. The molecule has 3 aromatic carbocycles. The summed E-state index contributed by atoms with van der Waals surface area (Å²) in [5.74, 6) is 0.456. The molecule has 3 nitrogen and oxygen atoms in total. The van der Waals surface area contributed by atoms with E-state index in [2.05, 4.69) is 89.6 Å². The van der Waals surface area contributed by atoms with Gasteiger partial charge in [0.1, 0.15) is 5.60 Å². The zero-order valence-corrected chi connectivity index (χ0v) is 20.9. The van der Waals surface area contributed by atoms with Crippen LogP contribution in [0.5, 0.6) is 0 Å². The van der Waals surface area contributed by atoms with Gasteiger partial charge < -0.3 is 4.74 Å². The summed E-state index contributed by atoms with van der Waals surface area (Å²) in [6, 6.07) is 23.4. The lowest BCUT2D eigenvalue weighted by Crippen LogP contribution is -2.44. The monoisotopic (exact) mass is 493 g/mol. The first-order valence-electron chi connectivity index (χ1n) is 11.5. The zero-order chi connectivity index (χ0) is 22.9. The number of nitrogens with zero attached hydrogens (tertiary/aromatic N) is 1. The fraction of sp³-hybridized carbons (Fsp3) is 0.393. The Morgan fingerprint density at radius 1 is 1.00 bits per heavy atom. The van der Waals surface area contributed by atoms with Gasteiger partial charge in [0, 0.05) is 10.5 Å². The zero-order valence-electron chi connectivity index (χ0n) is 19.3. The molecular formula is C28H32BrNO2. The van der Waals surface area contributed by atoms with Crippen LogP contribution in [0, 0.1) is 0 Å². The molecule has 1 aliphatic rings. The highest BCUT2D eigenvalue weighted by Crippen LogP contribution is 2.41. The van der Waals surface area contributed by atoms with Crippen molar-refractivity contribution in [3.8, 4) is 0 Å². The molecule has 0 aliphatic heterocycles. The van der Waals surface area contributed by atoms with Gasteiger partial charge in [0.15, 0.2) is 0 Å². The molecule has 0 radical (unpaired) electrons. The van der Waals surface area contributed by atoms with E-state index in [0.29, 0.717) is 5.92 Å². The molecule has 1 aliphatic carbocycles. The van der Waals surface area contributed by atoms with Crippen LogP contribution < -0.4 is 0 Å². The standard InChI is InChI=1S/C28H32BrNO2/c1-19(25-11-7-9-21-8-5-6-10-26(21)25)30(27(31)32-28(2,3)4)24-17-14-22(18-24)20-12-15-23(29)16-13-20/h5-13,15-16,19,22,24H,14,17-18H2,1-4H3/t19-,22+,24?/m1/s1. The summed E-state index contributed by atoms with van der Waals surface area (Å²) in [5, 5.41) is 2.39. The number of benzene rings is 3. The Kier molecular flexibility index (Phi) is 6.62. The van der Waals surface area contributed by atoms with Crippen molar-refractivity contribution in [2.24, 2.45) is 0 Å². The molecule has 0 spiro atoms. The van der Waals surface area contributed by atoms with Crippen molar-refractivity contribution in [2.45, 2.75) is 70.6 Å². The van der Waals surface area contributed by atoms with E-state index in [1.54, 1.807) is 0 Å². The Morgan fingerprint density at radius 3 is 2.41 bits per heavy atom. The van der Waals surface area contributed by atoms with Crippen LogP contribution in [-0.4, -0.2) is 22.6 Å². The van der Waals surface area contributed by atoms with Gasteiger partial charge in [-0.2, -0.15) is 0 Å². The van der Waals surface area contributed by atoms with Crippen molar-refractivity contribution in [1.29, 1.82) is 0 Å². The third-order valence-electron chi connectivity index (χ3n) is 6.43. The van der Waals surface area contributed by atoms with E-state index in [1.165, 1.54) is 21.9 Å². The SMILES string of the molecule is C[C@H](c1cccc2ccccc12)N(C(=O)OC(C)(C)C)C1CC[C@H](c2ccc(Br)cc2)C1. The maximum atomic E-state index is 13.5. The molecule has 4 heteroatoms. The number of ether oxygens (including phenoxy) is 1. The first-order valence-corrected chi connectivity index (χ1v) is 12.3. The maximum Gasteiger partial charge on any atom is 0.411 e. The Hall–Kier alpha value is -2.33. The number of hydrogen-bond acceptors (Lipinski definition) is 2. The summed E-state index contributed by atoms with van der Waals surface area (Å²) >= 11 is 3.53. The summed E-state index contributed by atoms with van der Waals surface area (Å²) in [5.41, 5.74) is 1.98. The molecular weight excluding hydrogens is 462 g/mol. The molecule has 0 bridgehead atoms. The number of hydrogen-bond donors (Lipinski definition) is 0. The van der Waals surface area contributed by atoms with Crippen LogP contribution in [0.15, 0.2) is 71.2 Å². The molecule has 0 N–H and O–H groups in total. The highest BCUT2D eigenvalue weighted by molar-refractivity contribution is 9.10. The van der Waals surface area contributed by atoms with Crippen LogP contribution in [0.4, 0.5) is 4.79 Å². The second kappa shape index (κ2) is 9.27. The van der Waals surface area contributed by atoms with Crippen molar-refractivity contribution in [3.63, 3.8) is 0 Å². The van der Waals surface area contributed by atoms with Crippen LogP contribution in [0.25, 0.3) is 10.8 Å². The van der Waals surface area contributed by atoms with Crippen LogP contribution >= 0.6 is 15.9 Å².